The van der Waals surface area contributed by atoms with E-state index in [2.05, 4.69) is 27.5 Å². The van der Waals surface area contributed by atoms with Crippen molar-refractivity contribution < 1.29 is 9.59 Å². The van der Waals surface area contributed by atoms with Crippen LogP contribution in [0, 0.1) is 6.92 Å². The van der Waals surface area contributed by atoms with E-state index >= 15 is 0 Å². The van der Waals surface area contributed by atoms with Crippen molar-refractivity contribution in [2.45, 2.75) is 31.8 Å². The maximum absolute atomic E-state index is 12.2. The number of halogens is 1. The van der Waals surface area contributed by atoms with Gasteiger partial charge < -0.3 is 10.6 Å². The molecule has 0 aliphatic heterocycles. The number of benzene rings is 1. The van der Waals surface area contributed by atoms with E-state index in [0.29, 0.717) is 5.16 Å². The summed E-state index contributed by atoms with van der Waals surface area (Å²) in [7, 11) is 0. The molecule has 0 fully saturated rings. The van der Waals surface area contributed by atoms with E-state index in [-0.39, 0.29) is 29.6 Å². The normalized spacial score (nSPS) is 10.4. The molecule has 26 heavy (non-hydrogen) atoms. The fourth-order valence-corrected chi connectivity index (χ4v) is 2.94. The lowest BCUT2D eigenvalue weighted by Crippen LogP contribution is -2.28. The number of aryl methyl sites for hydroxylation is 1. The summed E-state index contributed by atoms with van der Waals surface area (Å²) in [6.45, 7) is 4.20. The second-order valence-corrected chi connectivity index (χ2v) is 7.09. The van der Waals surface area contributed by atoms with E-state index in [1.54, 1.807) is 0 Å². The molecule has 0 atom stereocenters. The highest BCUT2D eigenvalue weighted by atomic mass is 35.5. The molecule has 0 aliphatic carbocycles. The van der Waals surface area contributed by atoms with Gasteiger partial charge in [0, 0.05) is 24.4 Å². The van der Waals surface area contributed by atoms with Gasteiger partial charge in [-0.05, 0) is 31.0 Å². The fraction of sp³-hybridized carbons (Fsp3) is 0.333. The van der Waals surface area contributed by atoms with E-state index in [0.717, 1.165) is 23.4 Å². The van der Waals surface area contributed by atoms with Gasteiger partial charge in [0.05, 0.1) is 11.2 Å². The Morgan fingerprint density at radius 3 is 2.85 bits per heavy atom. The van der Waals surface area contributed by atoms with Gasteiger partial charge in [-0.2, -0.15) is 0 Å². The van der Waals surface area contributed by atoms with Crippen LogP contribution in [0.25, 0.3) is 0 Å². The highest BCUT2D eigenvalue weighted by molar-refractivity contribution is 7.99. The molecule has 8 heteroatoms. The Labute approximate surface area is 162 Å². The largest absolute Gasteiger partial charge is 0.350 e. The van der Waals surface area contributed by atoms with Crippen LogP contribution in [0.1, 0.15) is 35.8 Å². The minimum absolute atomic E-state index is 0.124. The predicted molar refractivity (Wildman–Crippen MR) is 105 cm³/mol. The number of aromatic nitrogens is 2. The molecule has 138 valence electrons. The van der Waals surface area contributed by atoms with Crippen LogP contribution < -0.4 is 10.6 Å². The average molecular weight is 393 g/mol. The summed E-state index contributed by atoms with van der Waals surface area (Å²) in [5, 5.41) is 6.16. The molecule has 0 radical (unpaired) electrons. The van der Waals surface area contributed by atoms with Crippen molar-refractivity contribution in [1.82, 2.24) is 15.3 Å². The van der Waals surface area contributed by atoms with Gasteiger partial charge in [0.1, 0.15) is 0 Å². The zero-order valence-electron chi connectivity index (χ0n) is 14.7. The summed E-state index contributed by atoms with van der Waals surface area (Å²) in [5.74, 6) is 0.268. The van der Waals surface area contributed by atoms with E-state index in [1.165, 1.54) is 18.0 Å². The Balaban J connectivity index is 1.85. The molecule has 6 nitrogen and oxygen atoms in total. The Morgan fingerprint density at radius 1 is 1.31 bits per heavy atom. The highest BCUT2D eigenvalue weighted by Crippen LogP contribution is 2.18. The second-order valence-electron chi connectivity index (χ2n) is 5.62. The molecule has 0 saturated carbocycles. The van der Waals surface area contributed by atoms with Gasteiger partial charge in [0.2, 0.25) is 5.91 Å². The van der Waals surface area contributed by atoms with E-state index < -0.39 is 5.91 Å². The van der Waals surface area contributed by atoms with Gasteiger partial charge in [-0.15, -0.1) is 0 Å². The Morgan fingerprint density at radius 2 is 2.12 bits per heavy atom. The summed E-state index contributed by atoms with van der Waals surface area (Å²) in [6, 6.07) is 7.53. The van der Waals surface area contributed by atoms with Gasteiger partial charge >= 0.3 is 0 Å². The Kier molecular flexibility index (Phi) is 7.87. The lowest BCUT2D eigenvalue weighted by atomic mass is 10.2. The van der Waals surface area contributed by atoms with Gasteiger partial charge in [-0.1, -0.05) is 42.4 Å². The minimum atomic E-state index is -0.417. The minimum Gasteiger partial charge on any atom is -0.350 e. The van der Waals surface area contributed by atoms with Crippen LogP contribution >= 0.6 is 23.4 Å². The molecule has 1 aromatic carbocycles. The topological polar surface area (TPSA) is 84.0 Å². The quantitative estimate of drug-likeness (QED) is 0.528. The van der Waals surface area contributed by atoms with E-state index in [9.17, 15) is 9.59 Å². The molecule has 1 aromatic heterocycles. The van der Waals surface area contributed by atoms with Crippen LogP contribution in [0.5, 0.6) is 0 Å². The summed E-state index contributed by atoms with van der Waals surface area (Å²) in [4.78, 5) is 32.5. The average Bonchev–Trinajstić information content (AvgIpc) is 2.61. The van der Waals surface area contributed by atoms with Gasteiger partial charge in [-0.3, -0.25) is 9.59 Å². The first-order valence-corrected chi connectivity index (χ1v) is 9.66. The summed E-state index contributed by atoms with van der Waals surface area (Å²) in [6.07, 6.45) is 2.56. The zero-order chi connectivity index (χ0) is 18.9. The van der Waals surface area contributed by atoms with Crippen molar-refractivity contribution in [3.05, 3.63) is 46.7 Å². The first-order chi connectivity index (χ1) is 12.5. The molecule has 1 heterocycles. The monoisotopic (exact) mass is 392 g/mol. The predicted octanol–water partition coefficient (Wildman–Crippen LogP) is 3.70. The van der Waals surface area contributed by atoms with E-state index in [4.69, 9.17) is 11.6 Å². The van der Waals surface area contributed by atoms with Gasteiger partial charge in [-0.25, -0.2) is 9.97 Å². The summed E-state index contributed by atoms with van der Waals surface area (Å²) >= 11 is 7.48. The van der Waals surface area contributed by atoms with Crippen molar-refractivity contribution in [3.63, 3.8) is 0 Å². The summed E-state index contributed by atoms with van der Waals surface area (Å²) < 4.78 is 0. The SMILES string of the molecule is CCCSc1ncc(Cl)c(C(=O)NCCC(=O)Nc2cccc(C)c2)n1. The molecule has 2 amide bonds. The molecule has 0 saturated heterocycles. The first-order valence-electron chi connectivity index (χ1n) is 8.29. The van der Waals surface area contributed by atoms with Crippen molar-refractivity contribution >= 4 is 40.9 Å². The molecule has 0 bridgehead atoms. The molecule has 2 aromatic rings. The fourth-order valence-electron chi connectivity index (χ4n) is 2.09. The van der Waals surface area contributed by atoms with Gasteiger partial charge in [0.25, 0.3) is 5.91 Å². The first kappa shape index (κ1) is 20.2. The number of thioether (sulfide) groups is 1. The van der Waals surface area contributed by atoms with Crippen LogP contribution in [0.2, 0.25) is 5.02 Å². The molecular weight excluding hydrogens is 372 g/mol. The second kappa shape index (κ2) is 10.1. The molecule has 0 unspecified atom stereocenters. The number of amides is 2. The van der Waals surface area contributed by atoms with Crippen LogP contribution in [0.3, 0.4) is 0 Å². The highest BCUT2D eigenvalue weighted by Gasteiger charge is 2.14. The number of nitrogens with one attached hydrogen (secondary N) is 2. The van der Waals surface area contributed by atoms with Crippen LogP contribution in [0.15, 0.2) is 35.6 Å². The lowest BCUT2D eigenvalue weighted by molar-refractivity contribution is -0.116. The van der Waals surface area contributed by atoms with Crippen molar-refractivity contribution in [3.8, 4) is 0 Å². The molecule has 0 aliphatic rings. The van der Waals surface area contributed by atoms with Crippen LogP contribution in [-0.2, 0) is 4.79 Å². The number of hydrogen-bond donors (Lipinski definition) is 2. The third kappa shape index (κ3) is 6.31. The Hall–Kier alpha value is -2.12. The molecule has 2 rings (SSSR count). The smallest absolute Gasteiger partial charge is 0.271 e. The third-order valence-corrected chi connectivity index (χ3v) is 4.66. The van der Waals surface area contributed by atoms with Crippen molar-refractivity contribution in [2.24, 2.45) is 0 Å². The number of carbonyl (C=O) groups is 2. The Bertz CT molecular complexity index is 786. The van der Waals surface area contributed by atoms with Crippen LogP contribution in [0.4, 0.5) is 5.69 Å². The van der Waals surface area contributed by atoms with E-state index in [1.807, 2.05) is 31.2 Å². The number of hydrogen-bond acceptors (Lipinski definition) is 5. The van der Waals surface area contributed by atoms with Crippen LogP contribution in [-0.4, -0.2) is 34.1 Å². The number of rotatable bonds is 8. The number of nitrogens with zero attached hydrogens (tertiary/aromatic N) is 2. The standard InChI is InChI=1S/C18H21ClN4O2S/c1-3-9-26-18-21-11-14(19)16(23-18)17(25)20-8-7-15(24)22-13-6-4-5-12(2)10-13/h4-6,10-11H,3,7-9H2,1-2H3,(H,20,25)(H,22,24). The maximum atomic E-state index is 12.2. The third-order valence-electron chi connectivity index (χ3n) is 3.31. The van der Waals surface area contributed by atoms with Gasteiger partial charge in [0.15, 0.2) is 10.9 Å². The van der Waals surface area contributed by atoms with Crippen molar-refractivity contribution in [2.75, 3.05) is 17.6 Å². The molecule has 0 spiro atoms. The zero-order valence-corrected chi connectivity index (χ0v) is 16.3. The number of anilines is 1. The van der Waals surface area contributed by atoms with Crippen molar-refractivity contribution in [1.29, 1.82) is 0 Å². The summed E-state index contributed by atoms with van der Waals surface area (Å²) in [5.41, 5.74) is 1.92. The number of carbonyl (C=O) groups excluding carboxylic acids is 2. The molecule has 2 N–H and O–H groups in total. The lowest BCUT2D eigenvalue weighted by Gasteiger charge is -2.08. The molecular formula is C18H21ClN4O2S. The maximum Gasteiger partial charge on any atom is 0.271 e.